The van der Waals surface area contributed by atoms with Gasteiger partial charge in [0.05, 0.1) is 11.0 Å². The van der Waals surface area contributed by atoms with Gasteiger partial charge in [-0.25, -0.2) is 4.98 Å². The quantitative estimate of drug-likeness (QED) is 0.432. The summed E-state index contributed by atoms with van der Waals surface area (Å²) in [6, 6.07) is 23.0. The van der Waals surface area contributed by atoms with E-state index in [4.69, 9.17) is 10.5 Å². The van der Waals surface area contributed by atoms with Crippen molar-refractivity contribution in [1.29, 1.82) is 0 Å². The summed E-state index contributed by atoms with van der Waals surface area (Å²) in [5, 5.41) is 0.941. The van der Waals surface area contributed by atoms with Crippen molar-refractivity contribution in [2.45, 2.75) is 13.5 Å². The average Bonchev–Trinajstić information content (AvgIpc) is 3.32. The summed E-state index contributed by atoms with van der Waals surface area (Å²) in [5.41, 5.74) is 10.3. The van der Waals surface area contributed by atoms with Crippen LogP contribution < -0.4 is 10.5 Å². The van der Waals surface area contributed by atoms with Crippen molar-refractivity contribution in [2.24, 2.45) is 0 Å². The Kier molecular flexibility index (Phi) is 4.25. The summed E-state index contributed by atoms with van der Waals surface area (Å²) in [6.45, 7) is 2.30. The minimum absolute atomic E-state index is 0.164. The number of aryl methyl sites for hydroxylation is 1. The lowest BCUT2D eigenvalue weighted by Gasteiger charge is -2.06. The molecule has 0 radical (unpaired) electrons. The number of nitrogen functional groups attached to an aromatic ring is 1. The highest BCUT2D eigenvalue weighted by atomic mass is 16.5. The fourth-order valence-corrected chi connectivity index (χ4v) is 3.65. The monoisotopic (exact) mass is 396 g/mol. The molecule has 0 aliphatic carbocycles. The number of nitrogens with zero attached hydrogens (tertiary/aromatic N) is 2. The van der Waals surface area contributed by atoms with Gasteiger partial charge in [-0.15, -0.1) is 0 Å². The molecule has 0 unspecified atom stereocenters. The van der Waals surface area contributed by atoms with Gasteiger partial charge in [-0.05, 0) is 48.9 Å². The highest BCUT2D eigenvalue weighted by molar-refractivity contribution is 6.04. The highest BCUT2D eigenvalue weighted by Crippen LogP contribution is 2.25. The number of aromatic nitrogens is 3. The van der Waals surface area contributed by atoms with Gasteiger partial charge in [0.15, 0.2) is 0 Å². The maximum absolute atomic E-state index is 13.2. The van der Waals surface area contributed by atoms with Crippen LogP contribution in [0.5, 0.6) is 5.75 Å². The first-order chi connectivity index (χ1) is 14.6. The predicted molar refractivity (Wildman–Crippen MR) is 118 cm³/mol. The fraction of sp³-hybridized carbons (Fsp3) is 0.0833. The molecule has 0 saturated carbocycles. The number of rotatable bonds is 4. The minimum Gasteiger partial charge on any atom is -0.489 e. The Labute approximate surface area is 172 Å². The molecule has 0 aliphatic heterocycles. The molecular formula is C24H20N4O2. The van der Waals surface area contributed by atoms with Crippen molar-refractivity contribution in [2.75, 3.05) is 5.73 Å². The number of ether oxygens (including phenoxy) is 1. The largest absolute Gasteiger partial charge is 0.489 e. The Morgan fingerprint density at radius 3 is 2.73 bits per heavy atom. The summed E-state index contributed by atoms with van der Waals surface area (Å²) in [6.07, 6.45) is 0. The number of nitrogens with one attached hydrogen (secondary N) is 1. The van der Waals surface area contributed by atoms with E-state index >= 15 is 0 Å². The smallest absolute Gasteiger partial charge is 0.280 e. The number of carbonyl (C=O) groups excluding carboxylic acids is 1. The second-order valence-electron chi connectivity index (χ2n) is 7.25. The molecule has 3 aromatic carbocycles. The standard InChI is InChI=1S/C24H20N4O2/c1-15-26-21-12-18(25)8-10-23(21)28(15)24(29)22-11-17-7-9-19(13-20(17)27-22)30-14-16-5-3-2-4-6-16/h2-13,27H,14,25H2,1H3. The Balaban J connectivity index is 1.45. The molecule has 5 aromatic rings. The van der Waals surface area contributed by atoms with Crippen LogP contribution in [0.25, 0.3) is 21.9 Å². The number of anilines is 1. The van der Waals surface area contributed by atoms with E-state index in [1.54, 1.807) is 16.7 Å². The van der Waals surface area contributed by atoms with E-state index in [0.29, 0.717) is 29.3 Å². The molecule has 0 aliphatic rings. The summed E-state index contributed by atoms with van der Waals surface area (Å²) in [7, 11) is 0. The van der Waals surface area contributed by atoms with E-state index < -0.39 is 0 Å². The number of carbonyl (C=O) groups is 1. The SMILES string of the molecule is Cc1nc2cc(N)ccc2n1C(=O)c1cc2ccc(OCc3ccccc3)cc2[nH]1. The Hall–Kier alpha value is -4.06. The number of aromatic amines is 1. The molecule has 0 bridgehead atoms. The Bertz CT molecular complexity index is 1380. The molecule has 0 spiro atoms. The summed E-state index contributed by atoms with van der Waals surface area (Å²) in [5.74, 6) is 1.20. The molecule has 0 saturated heterocycles. The number of hydrogen-bond acceptors (Lipinski definition) is 4. The van der Waals surface area contributed by atoms with Crippen LogP contribution in [0.15, 0.2) is 72.8 Å². The van der Waals surface area contributed by atoms with Crippen molar-refractivity contribution in [3.05, 3.63) is 89.9 Å². The van der Waals surface area contributed by atoms with Gasteiger partial charge in [-0.1, -0.05) is 30.3 Å². The number of benzene rings is 3. The molecule has 5 rings (SSSR count). The number of H-pyrrole nitrogens is 1. The molecule has 3 N–H and O–H groups in total. The van der Waals surface area contributed by atoms with Crippen molar-refractivity contribution < 1.29 is 9.53 Å². The third-order valence-electron chi connectivity index (χ3n) is 5.12. The summed E-state index contributed by atoms with van der Waals surface area (Å²) < 4.78 is 7.50. The molecule has 0 amide bonds. The van der Waals surface area contributed by atoms with E-state index in [1.165, 1.54) is 0 Å². The molecule has 6 heteroatoms. The van der Waals surface area contributed by atoms with Gasteiger partial charge in [0.25, 0.3) is 5.91 Å². The highest BCUT2D eigenvalue weighted by Gasteiger charge is 2.18. The first kappa shape index (κ1) is 18.0. The molecular weight excluding hydrogens is 376 g/mol. The van der Waals surface area contributed by atoms with Crippen LogP contribution in [0.4, 0.5) is 5.69 Å². The van der Waals surface area contributed by atoms with Gasteiger partial charge < -0.3 is 15.5 Å². The van der Waals surface area contributed by atoms with Crippen LogP contribution in [-0.2, 0) is 6.61 Å². The van der Waals surface area contributed by atoms with E-state index in [0.717, 1.165) is 27.7 Å². The topological polar surface area (TPSA) is 85.9 Å². The second-order valence-corrected chi connectivity index (χ2v) is 7.25. The lowest BCUT2D eigenvalue weighted by Crippen LogP contribution is -2.13. The van der Waals surface area contributed by atoms with E-state index in [9.17, 15) is 4.79 Å². The van der Waals surface area contributed by atoms with Gasteiger partial charge in [-0.3, -0.25) is 9.36 Å². The summed E-state index contributed by atoms with van der Waals surface area (Å²) in [4.78, 5) is 20.9. The van der Waals surface area contributed by atoms with Crippen LogP contribution in [0.1, 0.15) is 21.9 Å². The Morgan fingerprint density at radius 2 is 1.90 bits per heavy atom. The zero-order chi connectivity index (χ0) is 20.7. The minimum atomic E-state index is -0.164. The number of fused-ring (bicyclic) bond motifs is 2. The zero-order valence-electron chi connectivity index (χ0n) is 16.4. The molecule has 6 nitrogen and oxygen atoms in total. The first-order valence-corrected chi connectivity index (χ1v) is 9.67. The average molecular weight is 396 g/mol. The van der Waals surface area contributed by atoms with E-state index in [-0.39, 0.29) is 5.91 Å². The Morgan fingerprint density at radius 1 is 1.07 bits per heavy atom. The van der Waals surface area contributed by atoms with Crippen molar-refractivity contribution in [3.63, 3.8) is 0 Å². The predicted octanol–water partition coefficient (Wildman–Crippen LogP) is 4.68. The number of hydrogen-bond donors (Lipinski definition) is 2. The van der Waals surface area contributed by atoms with Crippen LogP contribution in [0.3, 0.4) is 0 Å². The third kappa shape index (κ3) is 3.18. The molecule has 148 valence electrons. The number of imidazole rings is 1. The molecule has 0 fully saturated rings. The first-order valence-electron chi connectivity index (χ1n) is 9.67. The maximum atomic E-state index is 13.2. The van der Waals surface area contributed by atoms with Crippen LogP contribution in [0, 0.1) is 6.92 Å². The third-order valence-corrected chi connectivity index (χ3v) is 5.12. The van der Waals surface area contributed by atoms with Crippen LogP contribution in [0.2, 0.25) is 0 Å². The normalized spacial score (nSPS) is 11.2. The lowest BCUT2D eigenvalue weighted by molar-refractivity contribution is 0.0958. The van der Waals surface area contributed by atoms with Gasteiger partial charge >= 0.3 is 0 Å². The summed E-state index contributed by atoms with van der Waals surface area (Å²) >= 11 is 0. The van der Waals surface area contributed by atoms with Gasteiger partial charge in [0, 0.05) is 22.7 Å². The lowest BCUT2D eigenvalue weighted by atomic mass is 10.2. The number of nitrogens with two attached hydrogens (primary N) is 1. The van der Waals surface area contributed by atoms with Crippen LogP contribution >= 0.6 is 0 Å². The molecule has 2 heterocycles. The maximum Gasteiger partial charge on any atom is 0.280 e. The van der Waals surface area contributed by atoms with Crippen LogP contribution in [-0.4, -0.2) is 20.4 Å². The molecule has 30 heavy (non-hydrogen) atoms. The van der Waals surface area contributed by atoms with Crippen molar-refractivity contribution >= 4 is 33.5 Å². The van der Waals surface area contributed by atoms with Crippen molar-refractivity contribution in [3.8, 4) is 5.75 Å². The van der Waals surface area contributed by atoms with E-state index in [1.807, 2.05) is 67.6 Å². The van der Waals surface area contributed by atoms with E-state index in [2.05, 4.69) is 9.97 Å². The van der Waals surface area contributed by atoms with Gasteiger partial charge in [-0.2, -0.15) is 0 Å². The molecule has 0 atom stereocenters. The van der Waals surface area contributed by atoms with Gasteiger partial charge in [0.1, 0.15) is 23.9 Å². The zero-order valence-corrected chi connectivity index (χ0v) is 16.4. The fourth-order valence-electron chi connectivity index (χ4n) is 3.65. The molecule has 2 aromatic heterocycles. The van der Waals surface area contributed by atoms with Crippen molar-refractivity contribution in [1.82, 2.24) is 14.5 Å². The van der Waals surface area contributed by atoms with Gasteiger partial charge in [0.2, 0.25) is 0 Å². The second kappa shape index (κ2) is 7.08.